The molecule has 0 radical (unpaired) electrons. The molecule has 0 aliphatic rings. The molecule has 0 spiro atoms. The number of carboxylic acids is 1. The zero-order valence-corrected chi connectivity index (χ0v) is 8.86. The molecule has 2 rings (SSSR count). The molecule has 0 bridgehead atoms. The van der Waals surface area contributed by atoms with Crippen molar-refractivity contribution in [1.82, 2.24) is 14.8 Å². The Kier molecular flexibility index (Phi) is 2.51. The number of thiazole rings is 1. The van der Waals surface area contributed by atoms with Crippen molar-refractivity contribution < 1.29 is 9.90 Å². The van der Waals surface area contributed by atoms with E-state index >= 15 is 0 Å². The lowest BCUT2D eigenvalue weighted by molar-refractivity contribution is 0.0689. The molecule has 2 aromatic heterocycles. The van der Waals surface area contributed by atoms with E-state index in [1.165, 1.54) is 6.07 Å². The molecule has 1 N–H and O–H groups in total. The van der Waals surface area contributed by atoms with E-state index in [4.69, 9.17) is 5.11 Å². The van der Waals surface area contributed by atoms with Crippen LogP contribution in [0.5, 0.6) is 0 Å². The van der Waals surface area contributed by atoms with Crippen LogP contribution in [0, 0.1) is 6.92 Å². The summed E-state index contributed by atoms with van der Waals surface area (Å²) in [6.45, 7) is 2.44. The van der Waals surface area contributed by atoms with Gasteiger partial charge in [-0.05, 0) is 13.0 Å². The maximum absolute atomic E-state index is 10.6. The highest BCUT2D eigenvalue weighted by Crippen LogP contribution is 2.09. The predicted octanol–water partition coefficient (Wildman–Crippen LogP) is 1.39. The summed E-state index contributed by atoms with van der Waals surface area (Å²) in [6.07, 6.45) is 1.64. The van der Waals surface area contributed by atoms with E-state index in [1.807, 2.05) is 12.3 Å². The van der Waals surface area contributed by atoms with Crippen molar-refractivity contribution in [1.29, 1.82) is 0 Å². The minimum absolute atomic E-state index is 0.0574. The summed E-state index contributed by atoms with van der Waals surface area (Å²) in [5.41, 5.74) is 0.958. The minimum atomic E-state index is -1.01. The van der Waals surface area contributed by atoms with Gasteiger partial charge in [-0.2, -0.15) is 5.10 Å². The van der Waals surface area contributed by atoms with Crippen molar-refractivity contribution in [2.45, 2.75) is 13.5 Å². The third-order valence-corrected chi connectivity index (χ3v) is 2.67. The maximum Gasteiger partial charge on any atom is 0.356 e. The second-order valence-corrected chi connectivity index (χ2v) is 4.12. The van der Waals surface area contributed by atoms with Crippen molar-refractivity contribution in [3.05, 3.63) is 34.0 Å². The van der Waals surface area contributed by atoms with Crippen LogP contribution in [0.1, 0.15) is 21.2 Å². The average molecular weight is 223 g/mol. The molecule has 0 aromatic carbocycles. The highest BCUT2D eigenvalue weighted by atomic mass is 32.1. The van der Waals surface area contributed by atoms with Crippen LogP contribution in [0.25, 0.3) is 0 Å². The molecular formula is C9H9N3O2S. The molecule has 2 aromatic rings. The molecule has 15 heavy (non-hydrogen) atoms. The monoisotopic (exact) mass is 223 g/mol. The lowest BCUT2D eigenvalue weighted by atomic mass is 10.4. The molecule has 6 heteroatoms. The first-order chi connectivity index (χ1) is 7.15. The number of aromatic carboxylic acids is 1. The van der Waals surface area contributed by atoms with Crippen LogP contribution in [0.2, 0.25) is 0 Å². The lowest BCUT2D eigenvalue weighted by Gasteiger charge is -1.96. The summed E-state index contributed by atoms with van der Waals surface area (Å²) in [6, 6.07) is 1.47. The Balaban J connectivity index is 2.14. The number of hydrogen-bond acceptors (Lipinski definition) is 4. The average Bonchev–Trinajstić information content (AvgIpc) is 2.76. The molecule has 0 saturated carbocycles. The first kappa shape index (κ1) is 9.85. The number of rotatable bonds is 3. The molecule has 0 saturated heterocycles. The van der Waals surface area contributed by atoms with E-state index < -0.39 is 5.97 Å². The van der Waals surface area contributed by atoms with Gasteiger partial charge in [0.05, 0.1) is 17.2 Å². The number of hydrogen-bond donors (Lipinski definition) is 1. The van der Waals surface area contributed by atoms with Gasteiger partial charge < -0.3 is 5.11 Å². The van der Waals surface area contributed by atoms with Crippen molar-refractivity contribution in [2.75, 3.05) is 0 Å². The fraction of sp³-hybridized carbons (Fsp3) is 0.222. The predicted molar refractivity (Wildman–Crippen MR) is 55.1 cm³/mol. The second-order valence-electron chi connectivity index (χ2n) is 3.06. The SMILES string of the molecule is Cc1nc(Cn2ccc(C(=O)O)n2)cs1. The summed E-state index contributed by atoms with van der Waals surface area (Å²) < 4.78 is 1.57. The molecule has 78 valence electrons. The molecular weight excluding hydrogens is 214 g/mol. The number of aryl methyl sites for hydroxylation is 1. The van der Waals surface area contributed by atoms with Gasteiger partial charge in [0, 0.05) is 11.6 Å². The summed E-state index contributed by atoms with van der Waals surface area (Å²) in [5, 5.41) is 15.5. The maximum atomic E-state index is 10.6. The van der Waals surface area contributed by atoms with E-state index in [-0.39, 0.29) is 5.69 Å². The van der Waals surface area contributed by atoms with Crippen LogP contribution in [0.4, 0.5) is 0 Å². The van der Waals surface area contributed by atoms with Crippen LogP contribution in [-0.2, 0) is 6.54 Å². The summed E-state index contributed by atoms with van der Waals surface area (Å²) >= 11 is 1.57. The smallest absolute Gasteiger partial charge is 0.356 e. The van der Waals surface area contributed by atoms with E-state index in [0.717, 1.165) is 10.7 Å². The molecule has 0 amide bonds. The van der Waals surface area contributed by atoms with Crippen molar-refractivity contribution in [3.63, 3.8) is 0 Å². The quantitative estimate of drug-likeness (QED) is 0.853. The minimum Gasteiger partial charge on any atom is -0.476 e. The van der Waals surface area contributed by atoms with E-state index in [1.54, 1.807) is 22.2 Å². The van der Waals surface area contributed by atoms with E-state index in [2.05, 4.69) is 10.1 Å². The van der Waals surface area contributed by atoms with Gasteiger partial charge in [-0.3, -0.25) is 4.68 Å². The third kappa shape index (κ3) is 2.21. The summed E-state index contributed by atoms with van der Waals surface area (Å²) in [5.74, 6) is -1.01. The Bertz CT molecular complexity index is 489. The van der Waals surface area contributed by atoms with Gasteiger partial charge in [-0.15, -0.1) is 11.3 Å². The number of carbonyl (C=O) groups is 1. The zero-order valence-electron chi connectivity index (χ0n) is 8.04. The highest BCUT2D eigenvalue weighted by molar-refractivity contribution is 7.09. The van der Waals surface area contributed by atoms with Crippen LogP contribution in [0.3, 0.4) is 0 Å². The van der Waals surface area contributed by atoms with E-state index in [9.17, 15) is 4.79 Å². The normalized spacial score (nSPS) is 10.5. The second kappa shape index (κ2) is 3.82. The largest absolute Gasteiger partial charge is 0.476 e. The molecule has 0 aliphatic heterocycles. The number of nitrogens with zero attached hydrogens (tertiary/aromatic N) is 3. The topological polar surface area (TPSA) is 68.0 Å². The fourth-order valence-electron chi connectivity index (χ4n) is 1.21. The van der Waals surface area contributed by atoms with Gasteiger partial charge in [0.15, 0.2) is 5.69 Å². The van der Waals surface area contributed by atoms with Gasteiger partial charge in [0.25, 0.3) is 0 Å². The van der Waals surface area contributed by atoms with Crippen LogP contribution < -0.4 is 0 Å². The Morgan fingerprint density at radius 3 is 3.00 bits per heavy atom. The standard InChI is InChI=1S/C9H9N3O2S/c1-6-10-7(5-15-6)4-12-3-2-8(11-12)9(13)14/h2-3,5H,4H2,1H3,(H,13,14). The Hall–Kier alpha value is -1.69. The van der Waals surface area contributed by atoms with Crippen molar-refractivity contribution >= 4 is 17.3 Å². The van der Waals surface area contributed by atoms with Crippen LogP contribution in [-0.4, -0.2) is 25.8 Å². The van der Waals surface area contributed by atoms with Crippen molar-refractivity contribution in [2.24, 2.45) is 0 Å². The van der Waals surface area contributed by atoms with Crippen LogP contribution in [0.15, 0.2) is 17.6 Å². The summed E-state index contributed by atoms with van der Waals surface area (Å²) in [7, 11) is 0. The van der Waals surface area contributed by atoms with Gasteiger partial charge in [-0.1, -0.05) is 0 Å². The lowest BCUT2D eigenvalue weighted by Crippen LogP contribution is -2.04. The highest BCUT2D eigenvalue weighted by Gasteiger charge is 2.07. The molecule has 2 heterocycles. The Morgan fingerprint density at radius 2 is 2.47 bits per heavy atom. The Labute approximate surface area is 90.0 Å². The fourth-order valence-corrected chi connectivity index (χ4v) is 1.81. The van der Waals surface area contributed by atoms with Gasteiger partial charge in [0.2, 0.25) is 0 Å². The molecule has 5 nitrogen and oxygen atoms in total. The Morgan fingerprint density at radius 1 is 1.67 bits per heavy atom. The number of carboxylic acid groups (broad SMARTS) is 1. The molecule has 0 aliphatic carbocycles. The van der Waals surface area contributed by atoms with E-state index in [0.29, 0.717) is 6.54 Å². The van der Waals surface area contributed by atoms with Gasteiger partial charge >= 0.3 is 5.97 Å². The first-order valence-corrected chi connectivity index (χ1v) is 5.21. The van der Waals surface area contributed by atoms with Crippen LogP contribution >= 0.6 is 11.3 Å². The molecule has 0 unspecified atom stereocenters. The van der Waals surface area contributed by atoms with Crippen molar-refractivity contribution in [3.8, 4) is 0 Å². The molecule has 0 atom stereocenters. The zero-order chi connectivity index (χ0) is 10.8. The van der Waals surface area contributed by atoms with Gasteiger partial charge in [0.1, 0.15) is 0 Å². The third-order valence-electron chi connectivity index (χ3n) is 1.85. The van der Waals surface area contributed by atoms with Gasteiger partial charge in [-0.25, -0.2) is 9.78 Å². The molecule has 0 fully saturated rings. The number of aromatic nitrogens is 3. The summed E-state index contributed by atoms with van der Waals surface area (Å²) in [4.78, 5) is 14.9. The first-order valence-electron chi connectivity index (χ1n) is 4.33.